The van der Waals surface area contributed by atoms with Crippen molar-refractivity contribution in [2.45, 2.75) is 57.1 Å². The van der Waals surface area contributed by atoms with Crippen LogP contribution in [-0.2, 0) is 0 Å². The van der Waals surface area contributed by atoms with E-state index in [1.54, 1.807) is 6.07 Å². The molecule has 2 nitrogen and oxygen atoms in total. The highest BCUT2D eigenvalue weighted by Gasteiger charge is 2.28. The molecule has 2 N–H and O–H groups in total. The van der Waals surface area contributed by atoms with Crippen molar-refractivity contribution in [3.05, 3.63) is 34.1 Å². The van der Waals surface area contributed by atoms with Crippen molar-refractivity contribution in [1.29, 1.82) is 0 Å². The van der Waals surface area contributed by atoms with Gasteiger partial charge in [-0.1, -0.05) is 47.7 Å². The summed E-state index contributed by atoms with van der Waals surface area (Å²) >= 11 is 3.40. The second-order valence-corrected chi connectivity index (χ2v) is 6.76. The lowest BCUT2D eigenvalue weighted by Crippen LogP contribution is -2.41. The molecule has 112 valence electrons. The first-order valence-electron chi connectivity index (χ1n) is 7.41. The van der Waals surface area contributed by atoms with Gasteiger partial charge >= 0.3 is 0 Å². The third kappa shape index (κ3) is 4.27. The van der Waals surface area contributed by atoms with E-state index in [1.807, 2.05) is 6.92 Å². The molecule has 1 aliphatic rings. The fourth-order valence-electron chi connectivity index (χ4n) is 2.87. The maximum atomic E-state index is 13.1. The molecule has 1 aliphatic carbocycles. The number of rotatable bonds is 4. The van der Waals surface area contributed by atoms with Crippen LogP contribution in [0.2, 0.25) is 0 Å². The minimum absolute atomic E-state index is 0.0808. The van der Waals surface area contributed by atoms with Gasteiger partial charge in [-0.25, -0.2) is 4.39 Å². The van der Waals surface area contributed by atoms with Crippen LogP contribution in [-0.4, -0.2) is 17.3 Å². The van der Waals surface area contributed by atoms with Crippen LogP contribution in [0.15, 0.2) is 22.7 Å². The minimum atomic E-state index is -0.586. The van der Waals surface area contributed by atoms with Crippen LogP contribution in [0.3, 0.4) is 0 Å². The second kappa shape index (κ2) is 7.01. The van der Waals surface area contributed by atoms with Gasteiger partial charge < -0.3 is 10.4 Å². The van der Waals surface area contributed by atoms with E-state index in [0.29, 0.717) is 6.54 Å². The van der Waals surface area contributed by atoms with Crippen LogP contribution in [0.25, 0.3) is 0 Å². The Morgan fingerprint density at radius 2 is 1.95 bits per heavy atom. The molecule has 0 bridgehead atoms. The Bertz CT molecular complexity index is 444. The second-order valence-electron chi connectivity index (χ2n) is 5.91. The van der Waals surface area contributed by atoms with Gasteiger partial charge in [0, 0.05) is 17.1 Å². The van der Waals surface area contributed by atoms with E-state index in [2.05, 4.69) is 21.2 Å². The summed E-state index contributed by atoms with van der Waals surface area (Å²) in [5, 5.41) is 14.0. The molecular formula is C16H23BrFNO. The van der Waals surface area contributed by atoms with Crippen molar-refractivity contribution in [3.63, 3.8) is 0 Å². The molecule has 1 aromatic carbocycles. The van der Waals surface area contributed by atoms with Crippen LogP contribution in [0.4, 0.5) is 4.39 Å². The van der Waals surface area contributed by atoms with E-state index in [0.717, 1.165) is 35.7 Å². The zero-order chi connectivity index (χ0) is 14.6. The Morgan fingerprint density at radius 1 is 1.30 bits per heavy atom. The average Bonchev–Trinajstić information content (AvgIpc) is 2.61. The van der Waals surface area contributed by atoms with Gasteiger partial charge in [-0.05, 0) is 37.5 Å². The molecule has 20 heavy (non-hydrogen) atoms. The Balaban J connectivity index is 1.95. The molecule has 0 radical (unpaired) electrons. The van der Waals surface area contributed by atoms with Gasteiger partial charge in [0.2, 0.25) is 0 Å². The van der Waals surface area contributed by atoms with Crippen LogP contribution in [0.1, 0.15) is 57.1 Å². The highest BCUT2D eigenvalue weighted by atomic mass is 79.9. The molecule has 1 saturated carbocycles. The average molecular weight is 344 g/mol. The summed E-state index contributed by atoms with van der Waals surface area (Å²) in [4.78, 5) is 0. The molecule has 4 heteroatoms. The van der Waals surface area contributed by atoms with Crippen molar-refractivity contribution in [3.8, 4) is 0 Å². The van der Waals surface area contributed by atoms with Gasteiger partial charge in [0.25, 0.3) is 0 Å². The van der Waals surface area contributed by atoms with E-state index in [-0.39, 0.29) is 11.9 Å². The third-order valence-corrected chi connectivity index (χ3v) is 4.89. The summed E-state index contributed by atoms with van der Waals surface area (Å²) in [6.07, 6.45) is 6.40. The van der Waals surface area contributed by atoms with E-state index in [1.165, 1.54) is 25.0 Å². The Hall–Kier alpha value is -0.450. The highest BCUT2D eigenvalue weighted by Crippen LogP contribution is 2.28. The van der Waals surface area contributed by atoms with Crippen molar-refractivity contribution in [2.75, 3.05) is 6.54 Å². The fourth-order valence-corrected chi connectivity index (χ4v) is 3.56. The molecule has 1 fully saturated rings. The smallest absolute Gasteiger partial charge is 0.124 e. The maximum absolute atomic E-state index is 13.1. The number of benzene rings is 1. The standard InChI is InChI=1S/C16H23BrFNO/c1-12(14-7-6-13(18)10-15(14)17)19-11-16(20)8-4-2-3-5-9-16/h6-7,10,12,19-20H,2-5,8-9,11H2,1H3. The number of hydrogen-bond donors (Lipinski definition) is 2. The van der Waals surface area contributed by atoms with Gasteiger partial charge in [0.1, 0.15) is 5.82 Å². The molecule has 0 amide bonds. The van der Waals surface area contributed by atoms with Crippen molar-refractivity contribution in [2.24, 2.45) is 0 Å². The Morgan fingerprint density at radius 3 is 2.55 bits per heavy atom. The molecule has 0 aliphatic heterocycles. The molecule has 0 aromatic heterocycles. The zero-order valence-electron chi connectivity index (χ0n) is 12.0. The van der Waals surface area contributed by atoms with E-state index >= 15 is 0 Å². The Kier molecular flexibility index (Phi) is 5.58. The Labute approximate surface area is 128 Å². The SMILES string of the molecule is CC(NCC1(O)CCCCCC1)c1ccc(F)cc1Br. The summed E-state index contributed by atoms with van der Waals surface area (Å²) in [5.41, 5.74) is 0.431. The maximum Gasteiger partial charge on any atom is 0.124 e. The minimum Gasteiger partial charge on any atom is -0.389 e. The van der Waals surface area contributed by atoms with Gasteiger partial charge in [-0.15, -0.1) is 0 Å². The van der Waals surface area contributed by atoms with Crippen LogP contribution in [0, 0.1) is 5.82 Å². The lowest BCUT2D eigenvalue weighted by molar-refractivity contribution is 0.0231. The van der Waals surface area contributed by atoms with Crippen molar-refractivity contribution >= 4 is 15.9 Å². The molecule has 1 aromatic rings. The van der Waals surface area contributed by atoms with E-state index in [9.17, 15) is 9.50 Å². The molecule has 1 atom stereocenters. The first kappa shape index (κ1) is 15.9. The van der Waals surface area contributed by atoms with Gasteiger partial charge in [0.15, 0.2) is 0 Å². The van der Waals surface area contributed by atoms with Gasteiger partial charge in [0.05, 0.1) is 5.60 Å². The summed E-state index contributed by atoms with van der Waals surface area (Å²) in [5.74, 6) is -0.241. The van der Waals surface area contributed by atoms with Gasteiger partial charge in [-0.2, -0.15) is 0 Å². The fraction of sp³-hybridized carbons (Fsp3) is 0.625. The predicted molar refractivity (Wildman–Crippen MR) is 83.2 cm³/mol. The normalized spacial score (nSPS) is 20.4. The molecule has 0 saturated heterocycles. The van der Waals surface area contributed by atoms with Crippen molar-refractivity contribution in [1.82, 2.24) is 5.32 Å². The third-order valence-electron chi connectivity index (χ3n) is 4.20. The van der Waals surface area contributed by atoms with Crippen LogP contribution < -0.4 is 5.32 Å². The lowest BCUT2D eigenvalue weighted by Gasteiger charge is -2.29. The first-order chi connectivity index (χ1) is 9.50. The lowest BCUT2D eigenvalue weighted by atomic mass is 9.94. The summed E-state index contributed by atoms with van der Waals surface area (Å²) < 4.78 is 13.9. The monoisotopic (exact) mass is 343 g/mol. The first-order valence-corrected chi connectivity index (χ1v) is 8.20. The molecular weight excluding hydrogens is 321 g/mol. The largest absolute Gasteiger partial charge is 0.389 e. The highest BCUT2D eigenvalue weighted by molar-refractivity contribution is 9.10. The predicted octanol–water partition coefficient (Wildman–Crippen LogP) is 4.32. The number of nitrogens with one attached hydrogen (secondary N) is 1. The quantitative estimate of drug-likeness (QED) is 0.797. The summed E-state index contributed by atoms with van der Waals surface area (Å²) in [6.45, 7) is 2.63. The van der Waals surface area contributed by atoms with Crippen molar-refractivity contribution < 1.29 is 9.50 Å². The van der Waals surface area contributed by atoms with Crippen LogP contribution in [0.5, 0.6) is 0 Å². The number of aliphatic hydroxyl groups is 1. The number of halogens is 2. The molecule has 0 spiro atoms. The summed E-state index contributed by atoms with van der Waals surface area (Å²) in [7, 11) is 0. The van der Waals surface area contributed by atoms with E-state index < -0.39 is 5.60 Å². The molecule has 0 heterocycles. The van der Waals surface area contributed by atoms with Gasteiger partial charge in [-0.3, -0.25) is 0 Å². The molecule has 1 unspecified atom stereocenters. The van der Waals surface area contributed by atoms with Crippen LogP contribution >= 0.6 is 15.9 Å². The topological polar surface area (TPSA) is 32.3 Å². The zero-order valence-corrected chi connectivity index (χ0v) is 13.5. The molecule has 2 rings (SSSR count). The summed E-state index contributed by atoms with van der Waals surface area (Å²) in [6, 6.07) is 4.82. The number of hydrogen-bond acceptors (Lipinski definition) is 2. The van der Waals surface area contributed by atoms with E-state index in [4.69, 9.17) is 0 Å².